The van der Waals surface area contributed by atoms with Crippen molar-refractivity contribution in [1.82, 2.24) is 10.2 Å². The van der Waals surface area contributed by atoms with Crippen LogP contribution in [0.3, 0.4) is 0 Å². The van der Waals surface area contributed by atoms with Crippen molar-refractivity contribution in [2.75, 3.05) is 11.9 Å². The number of hydrogen-bond donors (Lipinski definition) is 1. The molecular formula is C16H12BrN3O2. The molecule has 6 heteroatoms. The Balaban J connectivity index is 1.68. The molecule has 110 valence electrons. The van der Waals surface area contributed by atoms with E-state index in [2.05, 4.69) is 31.4 Å². The highest BCUT2D eigenvalue weighted by atomic mass is 79.9. The van der Waals surface area contributed by atoms with Crippen molar-refractivity contribution in [3.8, 4) is 5.88 Å². The van der Waals surface area contributed by atoms with Crippen molar-refractivity contribution >= 4 is 38.3 Å². The van der Waals surface area contributed by atoms with E-state index in [9.17, 15) is 4.79 Å². The standard InChI is InChI=1S/C16H12BrN3O2/c17-12-5-3-6-13(8-12)19-15(21)10-22-16-14-7-2-1-4-11(14)9-18-20-16/h1-9H,10H2,(H,19,21). The first-order valence-electron chi connectivity index (χ1n) is 6.61. The van der Waals surface area contributed by atoms with Gasteiger partial charge in [-0.2, -0.15) is 5.10 Å². The van der Waals surface area contributed by atoms with E-state index >= 15 is 0 Å². The Morgan fingerprint density at radius 3 is 2.91 bits per heavy atom. The van der Waals surface area contributed by atoms with Gasteiger partial charge in [-0.1, -0.05) is 40.2 Å². The van der Waals surface area contributed by atoms with E-state index in [1.807, 2.05) is 42.5 Å². The van der Waals surface area contributed by atoms with Crippen molar-refractivity contribution in [2.24, 2.45) is 0 Å². The first-order chi connectivity index (χ1) is 10.7. The molecule has 22 heavy (non-hydrogen) atoms. The maximum Gasteiger partial charge on any atom is 0.262 e. The van der Waals surface area contributed by atoms with Crippen LogP contribution in [0.5, 0.6) is 5.88 Å². The molecule has 1 N–H and O–H groups in total. The van der Waals surface area contributed by atoms with E-state index in [1.165, 1.54) is 0 Å². The van der Waals surface area contributed by atoms with Crippen molar-refractivity contribution < 1.29 is 9.53 Å². The summed E-state index contributed by atoms with van der Waals surface area (Å²) in [4.78, 5) is 11.9. The quantitative estimate of drug-likeness (QED) is 0.776. The van der Waals surface area contributed by atoms with Crippen molar-refractivity contribution in [2.45, 2.75) is 0 Å². The van der Waals surface area contributed by atoms with Gasteiger partial charge in [0.05, 0.1) is 6.20 Å². The van der Waals surface area contributed by atoms with Crippen LogP contribution in [0.2, 0.25) is 0 Å². The second kappa shape index (κ2) is 6.53. The van der Waals surface area contributed by atoms with E-state index in [0.717, 1.165) is 15.2 Å². The predicted octanol–water partition coefficient (Wildman–Crippen LogP) is 3.41. The second-order valence-electron chi connectivity index (χ2n) is 4.58. The summed E-state index contributed by atoms with van der Waals surface area (Å²) in [7, 11) is 0. The minimum absolute atomic E-state index is 0.130. The summed E-state index contributed by atoms with van der Waals surface area (Å²) in [6, 6.07) is 14.9. The van der Waals surface area contributed by atoms with E-state index in [4.69, 9.17) is 4.74 Å². The lowest BCUT2D eigenvalue weighted by molar-refractivity contribution is -0.118. The molecule has 0 bridgehead atoms. The van der Waals surface area contributed by atoms with E-state index in [0.29, 0.717) is 11.6 Å². The molecule has 1 heterocycles. The fourth-order valence-electron chi connectivity index (χ4n) is 2.01. The summed E-state index contributed by atoms with van der Waals surface area (Å²) in [6.45, 7) is -0.130. The number of amides is 1. The molecule has 0 unspecified atom stereocenters. The van der Waals surface area contributed by atoms with Gasteiger partial charge >= 0.3 is 0 Å². The third-order valence-electron chi connectivity index (χ3n) is 2.98. The maximum atomic E-state index is 11.9. The van der Waals surface area contributed by atoms with Gasteiger partial charge in [0.15, 0.2) is 6.61 Å². The molecule has 1 aromatic heterocycles. The number of carbonyl (C=O) groups excluding carboxylic acids is 1. The fraction of sp³-hybridized carbons (Fsp3) is 0.0625. The van der Waals surface area contributed by atoms with Gasteiger partial charge in [0.25, 0.3) is 5.91 Å². The Bertz CT molecular complexity index is 818. The number of rotatable bonds is 4. The third-order valence-corrected chi connectivity index (χ3v) is 3.48. The number of aromatic nitrogens is 2. The summed E-state index contributed by atoms with van der Waals surface area (Å²) in [5.74, 6) is 0.0929. The molecule has 0 aliphatic rings. The number of ether oxygens (including phenoxy) is 1. The normalized spacial score (nSPS) is 10.4. The highest BCUT2D eigenvalue weighted by Gasteiger charge is 2.08. The number of hydrogen-bond acceptors (Lipinski definition) is 4. The van der Waals surface area contributed by atoms with Gasteiger partial charge in [-0.3, -0.25) is 4.79 Å². The van der Waals surface area contributed by atoms with Gasteiger partial charge in [-0.25, -0.2) is 0 Å². The van der Waals surface area contributed by atoms with Crippen LogP contribution in [-0.2, 0) is 4.79 Å². The van der Waals surface area contributed by atoms with Gasteiger partial charge in [0.2, 0.25) is 5.88 Å². The van der Waals surface area contributed by atoms with E-state index < -0.39 is 0 Å². The Kier molecular flexibility index (Phi) is 4.29. The Morgan fingerprint density at radius 1 is 1.18 bits per heavy atom. The average molecular weight is 358 g/mol. The summed E-state index contributed by atoms with van der Waals surface area (Å²) in [5, 5.41) is 12.3. The van der Waals surface area contributed by atoms with Crippen LogP contribution in [0.15, 0.2) is 59.2 Å². The number of nitrogens with zero attached hydrogens (tertiary/aromatic N) is 2. The van der Waals surface area contributed by atoms with Crippen molar-refractivity contribution in [1.29, 1.82) is 0 Å². The first-order valence-corrected chi connectivity index (χ1v) is 7.40. The smallest absolute Gasteiger partial charge is 0.262 e. The van der Waals surface area contributed by atoms with Gasteiger partial charge in [0, 0.05) is 20.9 Å². The fourth-order valence-corrected chi connectivity index (χ4v) is 2.40. The number of anilines is 1. The zero-order valence-corrected chi connectivity index (χ0v) is 13.1. The van der Waals surface area contributed by atoms with E-state index in [-0.39, 0.29) is 12.5 Å². The van der Waals surface area contributed by atoms with Crippen molar-refractivity contribution in [3.63, 3.8) is 0 Å². The predicted molar refractivity (Wildman–Crippen MR) is 87.8 cm³/mol. The first kappa shape index (κ1) is 14.5. The molecule has 0 fully saturated rings. The Morgan fingerprint density at radius 2 is 2.05 bits per heavy atom. The molecule has 5 nitrogen and oxygen atoms in total. The SMILES string of the molecule is O=C(COc1nncc2ccccc12)Nc1cccc(Br)c1. The van der Waals surface area contributed by atoms with Gasteiger partial charge < -0.3 is 10.1 Å². The van der Waals surface area contributed by atoms with Gasteiger partial charge in [0.1, 0.15) is 0 Å². The number of carbonyl (C=O) groups is 1. The lowest BCUT2D eigenvalue weighted by Gasteiger charge is -2.08. The molecule has 0 aliphatic heterocycles. The van der Waals surface area contributed by atoms with Crippen molar-refractivity contribution in [3.05, 3.63) is 59.2 Å². The Labute approximate surface area is 135 Å². The molecule has 0 spiro atoms. The number of nitrogens with one attached hydrogen (secondary N) is 1. The summed E-state index contributed by atoms with van der Waals surface area (Å²) < 4.78 is 6.38. The van der Waals surface area contributed by atoms with Crippen LogP contribution in [0.25, 0.3) is 10.8 Å². The molecular weight excluding hydrogens is 346 g/mol. The minimum Gasteiger partial charge on any atom is -0.466 e. The summed E-state index contributed by atoms with van der Waals surface area (Å²) in [6.07, 6.45) is 1.66. The third kappa shape index (κ3) is 3.40. The number of benzene rings is 2. The zero-order chi connectivity index (χ0) is 15.4. The maximum absolute atomic E-state index is 11.9. The minimum atomic E-state index is -0.257. The lowest BCUT2D eigenvalue weighted by Crippen LogP contribution is -2.20. The van der Waals surface area contributed by atoms with Gasteiger partial charge in [-0.05, 0) is 24.3 Å². The zero-order valence-electron chi connectivity index (χ0n) is 11.5. The molecule has 0 atom stereocenters. The molecule has 1 amide bonds. The number of halogens is 1. The second-order valence-corrected chi connectivity index (χ2v) is 5.50. The van der Waals surface area contributed by atoms with Crippen LogP contribution < -0.4 is 10.1 Å². The monoisotopic (exact) mass is 357 g/mol. The molecule has 0 radical (unpaired) electrons. The van der Waals surface area contributed by atoms with Crippen LogP contribution >= 0.6 is 15.9 Å². The van der Waals surface area contributed by atoms with E-state index in [1.54, 1.807) is 12.3 Å². The molecule has 0 aliphatic carbocycles. The molecule has 3 aromatic rings. The molecule has 2 aromatic carbocycles. The largest absolute Gasteiger partial charge is 0.466 e. The van der Waals surface area contributed by atoms with Crippen LogP contribution in [0.4, 0.5) is 5.69 Å². The van der Waals surface area contributed by atoms with Gasteiger partial charge in [-0.15, -0.1) is 5.10 Å². The Hall–Kier alpha value is -2.47. The molecule has 3 rings (SSSR count). The van der Waals surface area contributed by atoms with Crippen LogP contribution in [0.1, 0.15) is 0 Å². The topological polar surface area (TPSA) is 64.1 Å². The average Bonchev–Trinajstić information content (AvgIpc) is 2.53. The summed E-state index contributed by atoms with van der Waals surface area (Å²) in [5.41, 5.74) is 0.701. The number of fused-ring (bicyclic) bond motifs is 1. The molecule has 0 saturated heterocycles. The van der Waals surface area contributed by atoms with Crippen LogP contribution in [0, 0.1) is 0 Å². The van der Waals surface area contributed by atoms with Crippen LogP contribution in [-0.4, -0.2) is 22.7 Å². The highest BCUT2D eigenvalue weighted by Crippen LogP contribution is 2.21. The lowest BCUT2D eigenvalue weighted by atomic mass is 10.2. The summed E-state index contributed by atoms with van der Waals surface area (Å²) >= 11 is 3.35. The molecule has 0 saturated carbocycles. The highest BCUT2D eigenvalue weighted by molar-refractivity contribution is 9.10.